The highest BCUT2D eigenvalue weighted by molar-refractivity contribution is 8.76. The van der Waals surface area contributed by atoms with E-state index >= 15 is 4.79 Å². The lowest BCUT2D eigenvalue weighted by Gasteiger charge is -2.63. The molecule has 3 heterocycles. The Labute approximate surface area is 506 Å². The number of guanidine groups is 1. The number of aromatic amines is 1. The molecule has 14 N–H and O–H groups in total. The van der Waals surface area contributed by atoms with Crippen molar-refractivity contribution in [3.8, 4) is 17.6 Å². The number of phenols is 1. The first-order valence-electron chi connectivity index (χ1n) is 31.2. The van der Waals surface area contributed by atoms with Crippen LogP contribution >= 0.6 is 21.6 Å². The van der Waals surface area contributed by atoms with Gasteiger partial charge in [-0.1, -0.05) is 77.3 Å². The maximum absolute atomic E-state index is 16.2. The van der Waals surface area contributed by atoms with Crippen LogP contribution in [0.15, 0.2) is 82.8 Å². The number of allylic oxidation sites excluding steroid dienone is 5. The summed E-state index contributed by atoms with van der Waals surface area (Å²) in [6.45, 7) is 5.06. The molecule has 12 rings (SSSR count). The Morgan fingerprint density at radius 2 is 1.71 bits per heavy atom. The van der Waals surface area contributed by atoms with Crippen molar-refractivity contribution >= 4 is 45.1 Å². The summed E-state index contributed by atoms with van der Waals surface area (Å²) >= 11 is 0. The van der Waals surface area contributed by atoms with Crippen LogP contribution in [0.4, 0.5) is 0 Å². The Hall–Kier alpha value is -4.62. The minimum absolute atomic E-state index is 0.0105. The molecule has 6 fully saturated rings. The summed E-state index contributed by atoms with van der Waals surface area (Å²) in [6, 6.07) is 7.23. The van der Waals surface area contributed by atoms with Gasteiger partial charge in [-0.3, -0.25) is 19.4 Å². The van der Waals surface area contributed by atoms with Gasteiger partial charge in [-0.05, 0) is 158 Å². The van der Waals surface area contributed by atoms with Crippen molar-refractivity contribution < 1.29 is 60.0 Å². The van der Waals surface area contributed by atoms with E-state index in [-0.39, 0.29) is 141 Å². The van der Waals surface area contributed by atoms with Crippen molar-refractivity contribution in [3.63, 3.8) is 0 Å². The minimum atomic E-state index is -2.03. The fraction of sp³-hybridized carbons (Fsp3) is 0.667. The number of nitrogens with one attached hydrogen (secondary N) is 2. The number of cyclic esters (lactones) is 1. The second-order valence-corrected chi connectivity index (χ2v) is 30.4. The number of H-pyrrole nitrogens is 1. The van der Waals surface area contributed by atoms with Crippen LogP contribution in [-0.4, -0.2) is 143 Å². The van der Waals surface area contributed by atoms with Gasteiger partial charge in [0.15, 0.2) is 17.5 Å². The summed E-state index contributed by atoms with van der Waals surface area (Å²) in [6.07, 6.45) is 10.3. The summed E-state index contributed by atoms with van der Waals surface area (Å²) < 4.78 is 6.02. The molecular weight excluding hydrogens is 1120 g/mol. The normalized spacial score (nSPS) is 45.1. The molecule has 19 heteroatoms. The van der Waals surface area contributed by atoms with Gasteiger partial charge in [0.2, 0.25) is 0 Å². The van der Waals surface area contributed by atoms with Gasteiger partial charge in [0, 0.05) is 90.8 Å². The second kappa shape index (κ2) is 23.4. The van der Waals surface area contributed by atoms with E-state index in [1.165, 1.54) is 27.2 Å². The Kier molecular flexibility index (Phi) is 16.7. The van der Waals surface area contributed by atoms with Crippen LogP contribution in [0, 0.1) is 106 Å². The highest BCUT2D eigenvalue weighted by Gasteiger charge is 2.75. The lowest BCUT2D eigenvalue weighted by atomic mass is 9.43. The first kappa shape index (κ1) is 60.7. The largest absolute Gasteiger partial charge is 0.508 e. The Bertz CT molecular complexity index is 3060. The van der Waals surface area contributed by atoms with Crippen LogP contribution in [0.25, 0.3) is 0 Å². The average molecular weight is 1210 g/mol. The maximum atomic E-state index is 16.2. The number of ketones is 2. The number of aliphatic hydroxyl groups is 7. The smallest absolute Gasteiger partial charge is 0.313 e. The number of aliphatic imine (C=N–C) groups is 1. The van der Waals surface area contributed by atoms with E-state index in [9.17, 15) is 50.4 Å². The number of carbonyl (C=O) groups excluding carboxylic acids is 3. The summed E-state index contributed by atoms with van der Waals surface area (Å²) in [5.41, 5.74) is 8.95. The Morgan fingerprint density at radius 3 is 2.44 bits per heavy atom. The quantitative estimate of drug-likeness (QED) is 0.0402. The van der Waals surface area contributed by atoms with Crippen LogP contribution in [-0.2, 0) is 19.1 Å². The van der Waals surface area contributed by atoms with Gasteiger partial charge >= 0.3 is 5.97 Å². The average Bonchev–Trinajstić information content (AvgIpc) is 1.81. The number of aromatic nitrogens is 1. The van der Waals surface area contributed by atoms with Gasteiger partial charge in [0.25, 0.3) is 0 Å². The molecule has 6 bridgehead atoms. The molecule has 8 aliphatic carbocycles. The van der Waals surface area contributed by atoms with Crippen molar-refractivity contribution in [2.45, 2.75) is 139 Å². The number of ether oxygens (including phenoxy) is 1. The standard InChI is InChI=1S/C66H87N5O12S2/c1-33-7-8-35-22-36-11-14-43-42(45-30-83-61(80)53(45)38-16-19-69-27-38)6-4-5-37-25-66(82)56-47(15-17-65(66,18-20-70-62(67)68)60(37)64(3,81)51(77)24-39(28-72)52(36)54(43)44(35)21-33)63(2)26-50(76)58(78)46-32-85-84-31-40(34-9-12-41(74)13-10-34)23-49(75)48(29-73)71-57(56)59(79)55(46)63/h9-14,16,19,22,27,33,36-37,39-40,42-48,50-55,58,60,69,71-74,76-78,81-82H,5,7-8,15,17-18,20-21,23-26,28-32H2,1-3H3,(H4,67,68,70)/t33-,36-,37-,39+,40-,42-,43-,44-,45+,46-,47+,48+,50+,51-,52+,53+,54+,55+,58-,60-,63-,64+,65+,66-/m1/s1. The molecule has 0 spiro atoms. The molecule has 2 aliphatic heterocycles. The Balaban J connectivity index is 1.04. The van der Waals surface area contributed by atoms with Crippen molar-refractivity contribution in [1.82, 2.24) is 10.3 Å². The number of nitrogens with two attached hydrogens (primary N) is 2. The van der Waals surface area contributed by atoms with Crippen molar-refractivity contribution in [2.75, 3.05) is 37.9 Å². The molecule has 1 aromatic carbocycles. The fourth-order valence-electron chi connectivity index (χ4n) is 19.9. The van der Waals surface area contributed by atoms with Crippen molar-refractivity contribution in [1.29, 1.82) is 0 Å². The number of aromatic hydroxyl groups is 1. The summed E-state index contributed by atoms with van der Waals surface area (Å²) in [5, 5.41) is 103. The number of fused-ring (bicyclic) bond motifs is 8. The maximum Gasteiger partial charge on any atom is 0.313 e. The zero-order valence-corrected chi connectivity index (χ0v) is 50.6. The molecule has 10 aliphatic rings. The number of hydrogen-bond donors (Lipinski definition) is 12. The molecular formula is C66H87N5O12S2. The second-order valence-electron chi connectivity index (χ2n) is 27.9. The molecule has 0 radical (unpaired) electrons. The number of hydrogen-bond acceptors (Lipinski definition) is 16. The Morgan fingerprint density at radius 1 is 0.929 bits per heavy atom. The molecule has 2 aromatic rings. The lowest BCUT2D eigenvalue weighted by molar-refractivity contribution is -0.194. The third-order valence-electron chi connectivity index (χ3n) is 23.5. The number of aliphatic hydroxyl groups excluding tert-OH is 5. The minimum Gasteiger partial charge on any atom is -0.508 e. The highest BCUT2D eigenvalue weighted by Crippen LogP contribution is 2.73. The van der Waals surface area contributed by atoms with E-state index in [0.29, 0.717) is 23.7 Å². The number of esters is 1. The van der Waals surface area contributed by atoms with E-state index < -0.39 is 106 Å². The van der Waals surface area contributed by atoms with E-state index in [0.717, 1.165) is 30.4 Å². The topological polar surface area (TPSA) is 315 Å². The summed E-state index contributed by atoms with van der Waals surface area (Å²) in [4.78, 5) is 52.8. The number of nitrogens with zero attached hydrogens (tertiary/aromatic N) is 1. The molecule has 0 unspecified atom stereocenters. The highest BCUT2D eigenvalue weighted by atomic mass is 33.1. The molecule has 24 atom stereocenters. The molecule has 17 nitrogen and oxygen atoms in total. The van der Waals surface area contributed by atoms with Gasteiger partial charge in [-0.2, -0.15) is 0 Å². The first-order chi connectivity index (χ1) is 40.6. The van der Waals surface area contributed by atoms with Crippen molar-refractivity contribution in [2.24, 2.45) is 110 Å². The molecule has 2 saturated heterocycles. The van der Waals surface area contributed by atoms with E-state index in [1.807, 2.05) is 19.2 Å². The van der Waals surface area contributed by atoms with Crippen LogP contribution in [0.1, 0.15) is 114 Å². The SMILES string of the molecule is C[C@@H]1CCC2=C[C@H]3C=C[C@@H]4[C@H]([C@@H]5COC(=O)[C@H]5c5cc[nH]c5)C#CC[C@@H]5C[C@@]6(O)C7=C8N[C@@H](CO)C(=O)C[C@@H](c9ccc(O)cc9)CSSC[C@H]9[C@@H](O)[C@@H](O)C[C@@](C)([C@@H]9C8=O)[C@H]7CC[C@]6(CCN=C(N)N)[C@H]5[C@@](C)(O)[C@H](O)C[C@@H](CO)[C@H]3[C@@H]4[C@@H]2C1. The van der Waals surface area contributed by atoms with Gasteiger partial charge in [-0.15, -0.1) is 5.92 Å². The predicted octanol–water partition coefficient (Wildman–Crippen LogP) is 5.24. The number of Topliss-reactive ketones (excluding diaryl/α,β-unsaturated/α-hetero) is 2. The zero-order chi connectivity index (χ0) is 60.1. The number of benzene rings is 1. The molecule has 0 amide bonds. The monoisotopic (exact) mass is 1210 g/mol. The van der Waals surface area contributed by atoms with E-state index in [4.69, 9.17) is 16.2 Å². The van der Waals surface area contributed by atoms with E-state index in [1.54, 1.807) is 37.4 Å². The summed E-state index contributed by atoms with van der Waals surface area (Å²) in [7, 11) is 2.96. The molecule has 460 valence electrons. The van der Waals surface area contributed by atoms with Crippen LogP contribution < -0.4 is 16.8 Å². The van der Waals surface area contributed by atoms with Crippen molar-refractivity contribution in [3.05, 3.63) is 88.9 Å². The third kappa shape index (κ3) is 10.2. The van der Waals surface area contributed by atoms with Gasteiger partial charge < -0.3 is 67.4 Å². The lowest BCUT2D eigenvalue weighted by Crippen LogP contribution is -2.67. The van der Waals surface area contributed by atoms with Gasteiger partial charge in [0.1, 0.15) is 11.8 Å². The third-order valence-corrected chi connectivity index (χ3v) is 26.1. The number of rotatable bonds is 8. The molecule has 85 heavy (non-hydrogen) atoms. The van der Waals surface area contributed by atoms with Crippen LogP contribution in [0.5, 0.6) is 5.75 Å². The summed E-state index contributed by atoms with van der Waals surface area (Å²) in [5.74, 6) is 0.874. The first-order valence-corrected chi connectivity index (χ1v) is 33.7. The fourth-order valence-corrected chi connectivity index (χ4v) is 22.6. The predicted molar refractivity (Wildman–Crippen MR) is 324 cm³/mol. The molecule has 4 saturated carbocycles. The van der Waals surface area contributed by atoms with E-state index in [2.05, 4.69) is 52.3 Å². The number of phenolic OH excluding ortho intramolecular Hbond substituents is 1. The van der Waals surface area contributed by atoms with Crippen LogP contribution in [0.2, 0.25) is 0 Å². The molecule has 1 aromatic heterocycles. The van der Waals surface area contributed by atoms with Gasteiger partial charge in [0.05, 0.1) is 54.3 Å². The number of carbonyl (C=O) groups is 3. The van der Waals surface area contributed by atoms with Gasteiger partial charge in [-0.25, -0.2) is 0 Å². The zero-order valence-electron chi connectivity index (χ0n) is 49.0. The van der Waals surface area contributed by atoms with Crippen LogP contribution in [0.3, 0.4) is 0 Å².